The molecule has 2 rings (SSSR count). The van der Waals surface area contributed by atoms with Crippen LogP contribution in [0.25, 0.3) is 0 Å². The van der Waals surface area contributed by atoms with Crippen LogP contribution >= 0.6 is 23.2 Å². The van der Waals surface area contributed by atoms with Gasteiger partial charge in [0, 0.05) is 27.4 Å². The minimum Gasteiger partial charge on any atom is -0.486 e. The van der Waals surface area contributed by atoms with Crippen molar-refractivity contribution in [2.24, 2.45) is 0 Å². The molecular formula is C16H14Cl2FNO2. The van der Waals surface area contributed by atoms with Gasteiger partial charge in [0.15, 0.2) is 11.6 Å². The van der Waals surface area contributed by atoms with Crippen LogP contribution in [-0.4, -0.2) is 12.5 Å². The molecule has 1 amide bonds. The first kappa shape index (κ1) is 16.6. The third-order valence-electron chi connectivity index (χ3n) is 3.06. The van der Waals surface area contributed by atoms with E-state index in [1.54, 1.807) is 0 Å². The fraction of sp³-hybridized carbons (Fsp3) is 0.188. The van der Waals surface area contributed by atoms with Crippen molar-refractivity contribution in [2.75, 3.05) is 11.9 Å². The van der Waals surface area contributed by atoms with Crippen LogP contribution in [0.4, 0.5) is 10.1 Å². The Balaban J connectivity index is 2.06. The normalized spacial score (nSPS) is 14.4. The molecular weight excluding hydrogens is 328 g/mol. The highest BCUT2D eigenvalue weighted by Gasteiger charge is 2.15. The average molecular weight is 342 g/mol. The lowest BCUT2D eigenvalue weighted by Crippen LogP contribution is -2.09. The molecule has 0 bridgehead atoms. The van der Waals surface area contributed by atoms with E-state index in [4.69, 9.17) is 27.9 Å². The smallest absolute Gasteiger partial charge is 0.247 e. The highest BCUT2D eigenvalue weighted by atomic mass is 35.5. The van der Waals surface area contributed by atoms with E-state index >= 15 is 0 Å². The molecule has 3 nitrogen and oxygen atoms in total. The summed E-state index contributed by atoms with van der Waals surface area (Å²) in [5, 5.41) is 3.63. The number of halogens is 3. The molecule has 22 heavy (non-hydrogen) atoms. The van der Waals surface area contributed by atoms with Crippen LogP contribution in [-0.2, 0) is 4.79 Å². The first-order valence-electron chi connectivity index (χ1n) is 6.60. The van der Waals surface area contributed by atoms with E-state index in [9.17, 15) is 9.18 Å². The number of amides is 1. The lowest BCUT2D eigenvalue weighted by molar-refractivity contribution is -0.111. The summed E-state index contributed by atoms with van der Waals surface area (Å²) in [4.78, 5) is 11.2. The summed E-state index contributed by atoms with van der Waals surface area (Å²) >= 11 is 12.2. The third-order valence-corrected chi connectivity index (χ3v) is 3.86. The molecule has 1 aliphatic rings. The number of hydrogen-bond donors (Lipinski definition) is 1. The third kappa shape index (κ3) is 4.12. The number of carbonyl (C=O) groups excluding carboxylic acids is 1. The van der Waals surface area contributed by atoms with Crippen LogP contribution in [0.2, 0.25) is 0 Å². The van der Waals surface area contributed by atoms with Crippen LogP contribution in [0.1, 0.15) is 12.8 Å². The van der Waals surface area contributed by atoms with E-state index in [1.165, 1.54) is 18.2 Å². The summed E-state index contributed by atoms with van der Waals surface area (Å²) < 4.78 is 19.4. The van der Waals surface area contributed by atoms with Gasteiger partial charge < -0.3 is 10.1 Å². The SMILES string of the molecule is C=CC(=O)Nc1ccc(OCC2=C(Cl)CCC=C2Cl)c(F)c1. The Labute approximate surface area is 138 Å². The second kappa shape index (κ2) is 7.47. The molecule has 0 heterocycles. The maximum absolute atomic E-state index is 14.0. The van der Waals surface area contributed by atoms with Gasteiger partial charge in [0.25, 0.3) is 0 Å². The fourth-order valence-corrected chi connectivity index (χ4v) is 2.51. The molecule has 0 radical (unpaired) electrons. The molecule has 1 aliphatic carbocycles. The number of hydrogen-bond acceptors (Lipinski definition) is 2. The molecule has 0 saturated carbocycles. The molecule has 0 aromatic heterocycles. The first-order chi connectivity index (χ1) is 10.5. The Morgan fingerprint density at radius 3 is 2.86 bits per heavy atom. The molecule has 0 saturated heterocycles. The van der Waals surface area contributed by atoms with Crippen molar-refractivity contribution in [1.82, 2.24) is 0 Å². The Hall–Kier alpha value is -1.78. The minimum atomic E-state index is -0.588. The molecule has 0 atom stereocenters. The van der Waals surface area contributed by atoms with E-state index in [0.29, 0.717) is 27.7 Å². The molecule has 1 aromatic carbocycles. The zero-order valence-electron chi connectivity index (χ0n) is 11.7. The van der Waals surface area contributed by atoms with Crippen molar-refractivity contribution >= 4 is 34.8 Å². The van der Waals surface area contributed by atoms with Crippen molar-refractivity contribution in [3.05, 3.63) is 58.4 Å². The lowest BCUT2D eigenvalue weighted by atomic mass is 10.1. The standard InChI is InChI=1S/C16H14Cl2FNO2/c1-2-16(21)20-10-6-7-15(14(19)8-10)22-9-11-12(17)4-3-5-13(11)18/h2,4,6-8H,1,3,5,9H2,(H,20,21). The summed E-state index contributed by atoms with van der Waals surface area (Å²) in [5.74, 6) is -0.942. The maximum atomic E-state index is 14.0. The molecule has 0 fully saturated rings. The Kier molecular flexibility index (Phi) is 5.63. The predicted molar refractivity (Wildman–Crippen MR) is 86.8 cm³/mol. The largest absolute Gasteiger partial charge is 0.486 e. The Bertz CT molecular complexity index is 668. The van der Waals surface area contributed by atoms with Crippen LogP contribution in [0.5, 0.6) is 5.75 Å². The second-order valence-electron chi connectivity index (χ2n) is 4.60. The van der Waals surface area contributed by atoms with Gasteiger partial charge in [-0.15, -0.1) is 0 Å². The van der Waals surface area contributed by atoms with Crippen molar-refractivity contribution < 1.29 is 13.9 Å². The van der Waals surface area contributed by atoms with Crippen LogP contribution in [0, 0.1) is 5.82 Å². The highest BCUT2D eigenvalue weighted by Crippen LogP contribution is 2.31. The van der Waals surface area contributed by atoms with Gasteiger partial charge in [-0.3, -0.25) is 4.79 Å². The van der Waals surface area contributed by atoms with Crippen molar-refractivity contribution in [1.29, 1.82) is 0 Å². The Morgan fingerprint density at radius 2 is 2.23 bits per heavy atom. The average Bonchev–Trinajstić information content (AvgIpc) is 2.48. The van der Waals surface area contributed by atoms with Gasteiger partial charge in [-0.2, -0.15) is 0 Å². The number of benzene rings is 1. The topological polar surface area (TPSA) is 38.3 Å². The maximum Gasteiger partial charge on any atom is 0.247 e. The molecule has 0 spiro atoms. The fourth-order valence-electron chi connectivity index (χ4n) is 1.92. The Morgan fingerprint density at radius 1 is 1.45 bits per heavy atom. The number of nitrogens with one attached hydrogen (secondary N) is 1. The molecule has 6 heteroatoms. The molecule has 1 N–H and O–H groups in total. The molecule has 1 aromatic rings. The monoisotopic (exact) mass is 341 g/mol. The number of anilines is 1. The molecule has 0 unspecified atom stereocenters. The van der Waals surface area contributed by atoms with Crippen molar-refractivity contribution in [3.8, 4) is 5.75 Å². The van der Waals surface area contributed by atoms with Gasteiger partial charge in [-0.05, 0) is 31.1 Å². The van der Waals surface area contributed by atoms with Gasteiger partial charge >= 0.3 is 0 Å². The second-order valence-corrected chi connectivity index (χ2v) is 5.46. The summed E-state index contributed by atoms with van der Waals surface area (Å²) in [6.45, 7) is 3.41. The summed E-state index contributed by atoms with van der Waals surface area (Å²) in [6.07, 6.45) is 4.45. The van der Waals surface area contributed by atoms with E-state index < -0.39 is 11.7 Å². The van der Waals surface area contributed by atoms with Crippen LogP contribution < -0.4 is 10.1 Å². The zero-order chi connectivity index (χ0) is 16.1. The molecule has 116 valence electrons. The molecule has 0 aliphatic heterocycles. The van der Waals surface area contributed by atoms with Gasteiger partial charge in [0.2, 0.25) is 5.91 Å². The van der Waals surface area contributed by atoms with E-state index in [2.05, 4.69) is 11.9 Å². The van der Waals surface area contributed by atoms with E-state index in [0.717, 1.165) is 12.5 Å². The number of allylic oxidation sites excluding steroid dienone is 2. The van der Waals surface area contributed by atoms with Gasteiger partial charge in [-0.1, -0.05) is 35.9 Å². The lowest BCUT2D eigenvalue weighted by Gasteiger charge is -2.16. The van der Waals surface area contributed by atoms with E-state index in [1.807, 2.05) is 6.08 Å². The minimum absolute atomic E-state index is 0.0589. The van der Waals surface area contributed by atoms with Crippen molar-refractivity contribution in [2.45, 2.75) is 12.8 Å². The quantitative estimate of drug-likeness (QED) is 0.785. The van der Waals surface area contributed by atoms with E-state index in [-0.39, 0.29) is 12.4 Å². The van der Waals surface area contributed by atoms with Gasteiger partial charge in [0.1, 0.15) is 6.61 Å². The number of ether oxygens (including phenoxy) is 1. The zero-order valence-corrected chi connectivity index (χ0v) is 13.2. The highest BCUT2D eigenvalue weighted by molar-refractivity contribution is 6.36. The number of carbonyl (C=O) groups is 1. The first-order valence-corrected chi connectivity index (χ1v) is 7.36. The van der Waals surface area contributed by atoms with Crippen molar-refractivity contribution in [3.63, 3.8) is 0 Å². The van der Waals surface area contributed by atoms with Crippen LogP contribution in [0.15, 0.2) is 52.6 Å². The summed E-state index contributed by atoms with van der Waals surface area (Å²) in [5.41, 5.74) is 0.987. The van der Waals surface area contributed by atoms with Gasteiger partial charge in [-0.25, -0.2) is 4.39 Å². The summed E-state index contributed by atoms with van der Waals surface area (Å²) in [7, 11) is 0. The van der Waals surface area contributed by atoms with Crippen LogP contribution in [0.3, 0.4) is 0 Å². The predicted octanol–water partition coefficient (Wildman–Crippen LogP) is 4.74. The van der Waals surface area contributed by atoms with Gasteiger partial charge in [0.05, 0.1) is 0 Å². The number of rotatable bonds is 5. The summed E-state index contributed by atoms with van der Waals surface area (Å²) in [6, 6.07) is 4.14.